The number of rotatable bonds is 16. The van der Waals surface area contributed by atoms with E-state index in [1.54, 1.807) is 0 Å². The molecule has 1 saturated heterocycles. The molecule has 4 atom stereocenters. The number of halogens is 1. The molecule has 1 aliphatic rings. The predicted molar refractivity (Wildman–Crippen MR) is 135 cm³/mol. The fourth-order valence-electron chi connectivity index (χ4n) is 4.48. The van der Waals surface area contributed by atoms with E-state index in [1.807, 2.05) is 0 Å². The van der Waals surface area contributed by atoms with Crippen molar-refractivity contribution < 1.29 is 24.5 Å². The van der Waals surface area contributed by atoms with Crippen molar-refractivity contribution in [3.8, 4) is 0 Å². The van der Waals surface area contributed by atoms with Gasteiger partial charge in [-0.1, -0.05) is 65.2 Å². The number of hydrogen-bond acceptors (Lipinski definition) is 7. The van der Waals surface area contributed by atoms with Gasteiger partial charge in [-0.25, -0.2) is 4.79 Å². The van der Waals surface area contributed by atoms with E-state index in [0.717, 1.165) is 55.9 Å². The van der Waals surface area contributed by atoms with Crippen molar-refractivity contribution in [1.29, 1.82) is 0 Å². The van der Waals surface area contributed by atoms with Crippen molar-refractivity contribution in [3.63, 3.8) is 0 Å². The highest BCUT2D eigenvalue weighted by atomic mass is 79.9. The van der Waals surface area contributed by atoms with Crippen LogP contribution >= 0.6 is 15.9 Å². The second-order valence-corrected chi connectivity index (χ2v) is 10.3. The monoisotopic (exact) mass is 558 g/mol. The van der Waals surface area contributed by atoms with Crippen molar-refractivity contribution >= 4 is 27.5 Å². The average molecular weight is 559 g/mol. The predicted octanol–water partition coefficient (Wildman–Crippen LogP) is 3.54. The van der Waals surface area contributed by atoms with Crippen molar-refractivity contribution in [2.24, 2.45) is 0 Å². The van der Waals surface area contributed by atoms with Gasteiger partial charge in [-0.15, -0.1) is 0 Å². The highest BCUT2D eigenvalue weighted by Gasteiger charge is 2.56. The molecule has 1 aromatic rings. The molecule has 35 heavy (non-hydrogen) atoms. The van der Waals surface area contributed by atoms with Crippen molar-refractivity contribution in [2.75, 3.05) is 0 Å². The summed E-state index contributed by atoms with van der Waals surface area (Å²) in [5.41, 5.74) is -3.54. The second-order valence-electron chi connectivity index (χ2n) is 9.45. The molecule has 1 fully saturated rings. The summed E-state index contributed by atoms with van der Waals surface area (Å²) in [7, 11) is 0. The van der Waals surface area contributed by atoms with Crippen LogP contribution in [0.25, 0.3) is 0 Å². The minimum absolute atomic E-state index is 0.0682. The molecule has 9 nitrogen and oxygen atoms in total. The highest BCUT2D eigenvalue weighted by Crippen LogP contribution is 2.40. The number of unbranched alkanes of at least 4 members (excludes halogenated alkanes) is 8. The zero-order chi connectivity index (χ0) is 26.0. The lowest BCUT2D eigenvalue weighted by molar-refractivity contribution is -0.160. The van der Waals surface area contributed by atoms with Gasteiger partial charge in [-0.05, 0) is 28.8 Å². The summed E-state index contributed by atoms with van der Waals surface area (Å²) < 4.78 is 6.93. The van der Waals surface area contributed by atoms with Gasteiger partial charge in [0.05, 0.1) is 4.47 Å². The normalized spacial score (nSPS) is 22.9. The number of aliphatic hydroxyl groups excluding tert-OH is 1. The van der Waals surface area contributed by atoms with Gasteiger partial charge in [-0.3, -0.25) is 23.9 Å². The summed E-state index contributed by atoms with van der Waals surface area (Å²) in [6, 6.07) is 0. The fourth-order valence-corrected chi connectivity index (χ4v) is 4.80. The van der Waals surface area contributed by atoms with E-state index in [2.05, 4.69) is 34.8 Å². The summed E-state index contributed by atoms with van der Waals surface area (Å²) in [5, 5.41) is 22.3. The number of carbonyl (C=O) groups is 2. The molecule has 0 radical (unpaired) electrons. The Balaban J connectivity index is 2.21. The van der Waals surface area contributed by atoms with Crippen molar-refractivity contribution in [2.45, 2.75) is 121 Å². The number of aliphatic hydroxyl groups is 2. The molecular formula is C25H39BrN2O7. The first-order valence-corrected chi connectivity index (χ1v) is 13.6. The molecule has 0 aromatic carbocycles. The molecule has 1 aliphatic heterocycles. The van der Waals surface area contributed by atoms with Gasteiger partial charge < -0.3 is 14.9 Å². The molecule has 2 heterocycles. The Kier molecular flexibility index (Phi) is 12.0. The van der Waals surface area contributed by atoms with Crippen LogP contribution < -0.4 is 11.2 Å². The molecule has 1 aromatic heterocycles. The summed E-state index contributed by atoms with van der Waals surface area (Å²) in [5.74, 6) is -1.02. The van der Waals surface area contributed by atoms with Crippen molar-refractivity contribution in [1.82, 2.24) is 9.55 Å². The molecule has 0 aliphatic carbocycles. The van der Waals surface area contributed by atoms with Gasteiger partial charge in [0.2, 0.25) is 0 Å². The number of hydrogen-bond donors (Lipinski definition) is 3. The molecule has 198 valence electrons. The van der Waals surface area contributed by atoms with Gasteiger partial charge in [0, 0.05) is 25.5 Å². The van der Waals surface area contributed by atoms with Crippen LogP contribution in [-0.2, 0) is 14.3 Å². The Morgan fingerprint density at radius 2 is 1.66 bits per heavy atom. The topological polar surface area (TPSA) is 139 Å². The second kappa shape index (κ2) is 14.2. The van der Waals surface area contributed by atoms with Gasteiger partial charge in [0.15, 0.2) is 17.2 Å². The first kappa shape index (κ1) is 29.6. The first-order chi connectivity index (χ1) is 16.7. The lowest BCUT2D eigenvalue weighted by atomic mass is 9.83. The molecule has 0 amide bonds. The lowest BCUT2D eigenvalue weighted by Crippen LogP contribution is -2.53. The van der Waals surface area contributed by atoms with E-state index in [-0.39, 0.29) is 23.7 Å². The van der Waals surface area contributed by atoms with Gasteiger partial charge in [0.1, 0.15) is 18.4 Å². The minimum atomic E-state index is -2.13. The smallest absolute Gasteiger partial charge is 0.330 e. The van der Waals surface area contributed by atoms with Crippen molar-refractivity contribution in [3.05, 3.63) is 31.5 Å². The largest absolute Gasteiger partial charge is 0.382 e. The summed E-state index contributed by atoms with van der Waals surface area (Å²) in [6.07, 6.45) is 5.82. The SMILES string of the molecule is CCCCCCCC(=O)C(O)[C@H]1O[C@@H](n2cc(Br)c(=O)[nH]c2=O)C[C@@]1(O)C(=O)CCCCCCC. The third kappa shape index (κ3) is 7.93. The number of ether oxygens (including phenoxy) is 1. The Bertz CT molecular complexity index is 960. The number of Topliss-reactive ketones (excluding diaryl/α,β-unsaturated/α-hetero) is 2. The molecule has 0 bridgehead atoms. The van der Waals surface area contributed by atoms with Gasteiger partial charge in [0.25, 0.3) is 5.56 Å². The molecule has 0 spiro atoms. The summed E-state index contributed by atoms with van der Waals surface area (Å²) >= 11 is 3.06. The van der Waals surface area contributed by atoms with E-state index in [0.29, 0.717) is 12.8 Å². The number of ketones is 2. The number of nitrogens with one attached hydrogen (secondary N) is 1. The van der Waals surface area contributed by atoms with Gasteiger partial charge >= 0.3 is 5.69 Å². The number of aromatic nitrogens is 2. The average Bonchev–Trinajstić information content (AvgIpc) is 3.18. The van der Waals surface area contributed by atoms with Crippen LogP contribution in [0.3, 0.4) is 0 Å². The number of carbonyl (C=O) groups excluding carboxylic acids is 2. The maximum atomic E-state index is 13.1. The van der Waals surface area contributed by atoms with Crippen LogP contribution in [-0.4, -0.2) is 49.1 Å². The lowest BCUT2D eigenvalue weighted by Gasteiger charge is -2.29. The third-order valence-electron chi connectivity index (χ3n) is 6.63. The maximum absolute atomic E-state index is 13.1. The maximum Gasteiger partial charge on any atom is 0.330 e. The van der Waals surface area contributed by atoms with Crippen LogP contribution in [0.1, 0.15) is 104 Å². The van der Waals surface area contributed by atoms with Crippen LogP contribution in [0.5, 0.6) is 0 Å². The molecule has 2 rings (SSSR count). The highest BCUT2D eigenvalue weighted by molar-refractivity contribution is 9.10. The Morgan fingerprint density at radius 1 is 1.09 bits per heavy atom. The third-order valence-corrected chi connectivity index (χ3v) is 7.19. The standard InChI is InChI=1S/C25H39BrN2O7/c1-3-5-7-9-11-13-18(29)21(31)22-25(34,19(30)14-12-10-8-6-4-2)15-20(35-22)28-16-17(26)23(32)27-24(28)33/h16,20-22,31,34H,3-15H2,1-2H3,(H,27,32,33)/t20-,21?,22-,25-/m1/s1. The summed E-state index contributed by atoms with van der Waals surface area (Å²) in [4.78, 5) is 52.1. The van der Waals surface area contributed by atoms with Crippen LogP contribution in [0, 0.1) is 0 Å². The van der Waals surface area contributed by atoms with E-state index < -0.39 is 46.9 Å². The van der Waals surface area contributed by atoms with Gasteiger partial charge in [-0.2, -0.15) is 0 Å². The number of nitrogens with zero attached hydrogens (tertiary/aromatic N) is 1. The fraction of sp³-hybridized carbons (Fsp3) is 0.760. The van der Waals surface area contributed by atoms with E-state index in [1.165, 1.54) is 6.20 Å². The Morgan fingerprint density at radius 3 is 2.26 bits per heavy atom. The number of H-pyrrole nitrogens is 1. The zero-order valence-corrected chi connectivity index (χ0v) is 22.3. The van der Waals surface area contributed by atoms with Crippen LogP contribution in [0.4, 0.5) is 0 Å². The van der Waals surface area contributed by atoms with E-state index in [4.69, 9.17) is 4.74 Å². The Labute approximate surface area is 214 Å². The molecule has 3 N–H and O–H groups in total. The van der Waals surface area contributed by atoms with Crippen LogP contribution in [0.2, 0.25) is 0 Å². The minimum Gasteiger partial charge on any atom is -0.382 e. The van der Waals surface area contributed by atoms with Crippen LogP contribution in [0.15, 0.2) is 20.3 Å². The van der Waals surface area contributed by atoms with E-state index in [9.17, 15) is 29.4 Å². The molecular weight excluding hydrogens is 520 g/mol. The zero-order valence-electron chi connectivity index (χ0n) is 20.8. The molecule has 0 saturated carbocycles. The number of aromatic amines is 1. The summed E-state index contributed by atoms with van der Waals surface area (Å²) in [6.45, 7) is 4.18. The first-order valence-electron chi connectivity index (χ1n) is 12.8. The Hall–Kier alpha value is -1.62. The quantitative estimate of drug-likeness (QED) is 0.263. The van der Waals surface area contributed by atoms with E-state index >= 15 is 0 Å². The molecule has 10 heteroatoms. The molecule has 1 unspecified atom stereocenters.